The lowest BCUT2D eigenvalue weighted by atomic mass is 9.84. The number of carbonyl (C=O) groups is 4. The van der Waals surface area contributed by atoms with Crippen LogP contribution in [0.25, 0.3) is 45.6 Å². The second kappa shape index (κ2) is 44.4. The number of pyridine rings is 8. The SMILES string of the molecule is CCC1(N)CCN(c2cccnc2NC(=O)c2nc(-c3ncccc3OC(F)(F)F)cnc2N)CC1.CCC1(N)CCN(c2cccnc2NC(=O)c2nc(-c3ncccc3OC(F)(F)F)cnc2N)CC1.CCCC1(N)CCN(c2cccnc2NC(=O)c2nc(-c3ncccc3C(F)(F)F)cnc2N)CC1.COc1ccnc(-c2cnc(N)c(C(=O)Nc3ncccc3N3CCC(C)(N)CC3)n2)c1C#N. The number of amides is 4. The number of carbonyl (C=O) groups excluding carboxylic acids is 4. The first-order valence-electron chi connectivity index (χ1n) is 44.7. The molecule has 4 fully saturated rings. The van der Waals surface area contributed by atoms with Crippen molar-refractivity contribution in [2.45, 2.75) is 146 Å². The molecule has 142 heavy (non-hydrogen) atoms. The summed E-state index contributed by atoms with van der Waals surface area (Å²) in [5, 5.41) is 20.4. The van der Waals surface area contributed by atoms with E-state index in [4.69, 9.17) is 50.6 Å². The molecule has 40 nitrogen and oxygen atoms in total. The number of nitrogen functional groups attached to an aromatic ring is 4. The summed E-state index contributed by atoms with van der Waals surface area (Å²) in [5.74, 6) is -3.09. The number of nitrogens with one attached hydrogen (secondary N) is 4. The van der Waals surface area contributed by atoms with Crippen LogP contribution in [0.15, 0.2) is 165 Å². The molecule has 4 aliphatic heterocycles. The van der Waals surface area contributed by atoms with E-state index in [1.54, 1.807) is 30.5 Å². The largest absolute Gasteiger partial charge is 0.573 e. The predicted octanol–water partition coefficient (Wildman–Crippen LogP) is 12.6. The lowest BCUT2D eigenvalue weighted by Gasteiger charge is -2.40. The monoisotopic (exact) mass is 1960 g/mol. The van der Waals surface area contributed by atoms with E-state index in [9.17, 15) is 64.0 Å². The highest BCUT2D eigenvalue weighted by Gasteiger charge is 2.40. The van der Waals surface area contributed by atoms with Crippen LogP contribution < -0.4 is 101 Å². The van der Waals surface area contributed by atoms with Gasteiger partial charge in [-0.3, -0.25) is 39.1 Å². The van der Waals surface area contributed by atoms with E-state index < -0.39 is 65.3 Å². The minimum absolute atomic E-state index is 0.0583. The fraction of sp³-hybridized carbons (Fsp3) is 0.344. The number of nitrogens with zero attached hydrogens (tertiary/aromatic N) is 21. The highest BCUT2D eigenvalue weighted by molar-refractivity contribution is 6.09. The Balaban J connectivity index is 0.000000159. The van der Waals surface area contributed by atoms with Crippen LogP contribution >= 0.6 is 0 Å². The van der Waals surface area contributed by atoms with E-state index >= 15 is 0 Å². The summed E-state index contributed by atoms with van der Waals surface area (Å²) in [7, 11) is 1.45. The predicted molar refractivity (Wildman–Crippen MR) is 512 cm³/mol. The summed E-state index contributed by atoms with van der Waals surface area (Å²) in [4.78, 5) is 127. The minimum atomic E-state index is -4.94. The first-order valence-corrected chi connectivity index (χ1v) is 44.7. The Hall–Kier alpha value is -16.1. The highest BCUT2D eigenvalue weighted by Crippen LogP contribution is 2.41. The van der Waals surface area contributed by atoms with Gasteiger partial charge in [-0.15, -0.1) is 26.3 Å². The number of alkyl halides is 9. The molecular formula is C93H102F9N33O7. The third-order valence-corrected chi connectivity index (χ3v) is 24.2. The van der Waals surface area contributed by atoms with Gasteiger partial charge in [0, 0.05) is 124 Å². The van der Waals surface area contributed by atoms with E-state index in [1.807, 2.05) is 37.3 Å². The molecule has 744 valence electrons. The number of halogens is 9. The Morgan fingerprint density at radius 1 is 0.387 bits per heavy atom. The van der Waals surface area contributed by atoms with Gasteiger partial charge in [0.2, 0.25) is 0 Å². The van der Waals surface area contributed by atoms with E-state index in [-0.39, 0.29) is 131 Å². The summed E-state index contributed by atoms with van der Waals surface area (Å²) in [6, 6.07) is 24.9. The van der Waals surface area contributed by atoms with Gasteiger partial charge in [-0.05, 0) is 169 Å². The topological polar surface area (TPSA) is 595 Å². The van der Waals surface area contributed by atoms with Gasteiger partial charge in [-0.2, -0.15) is 18.4 Å². The lowest BCUT2D eigenvalue weighted by molar-refractivity contribution is -0.275. The molecule has 4 saturated heterocycles. The molecule has 0 radical (unpaired) electrons. The molecule has 0 bridgehead atoms. The van der Waals surface area contributed by atoms with Crippen molar-refractivity contribution in [1.29, 1.82) is 5.26 Å². The van der Waals surface area contributed by atoms with Crippen molar-refractivity contribution >= 4 is 92.9 Å². The molecule has 16 rings (SSSR count). The van der Waals surface area contributed by atoms with Gasteiger partial charge < -0.3 is 101 Å². The quantitative estimate of drug-likeness (QED) is 0.0265. The molecule has 0 spiro atoms. The van der Waals surface area contributed by atoms with Crippen LogP contribution in [-0.2, 0) is 6.18 Å². The van der Waals surface area contributed by atoms with Gasteiger partial charge in [0.25, 0.3) is 23.6 Å². The fourth-order valence-corrected chi connectivity index (χ4v) is 16.0. The standard InChI is InChI=1S/C24H27F3N8O.2C23H25F3N8O2.C23H25N9O2/c1-2-7-23(29)8-12-35(13-9-23)17-6-4-11-31-21(17)34-22(36)19-20(28)32-14-16(33-19)18-15(24(25,26)27)5-3-10-30-18;2*1-2-22(28)7-11-34(12-8-22)15-5-3-10-30-20(15)33-21(35)18-19(27)31-13-14(32-18)17-16(6-4-9-29-17)36-23(24,25)26;1-23(26)6-10-32(11-7-23)16-4-3-8-28-21(16)31-22(33)19-20(25)29-13-15(30-19)18-14(12-24)17(34-2)5-9-27-18/h3-6,10-11,14H,2,7-9,12-13,29H2,1H3,(H2,28,32)(H,31,34,36);2*3-6,9-10,13H,2,7-8,11-12,28H2,1H3,(H2,27,31)(H,30,33,35);3-5,8-9,13H,6-7,10-11,26H2,1-2H3,(H2,25,29)(H,28,31,33). The van der Waals surface area contributed by atoms with E-state index in [0.717, 1.165) is 133 Å². The summed E-state index contributed by atoms with van der Waals surface area (Å²) >= 11 is 0. The van der Waals surface area contributed by atoms with Crippen LogP contribution in [0.1, 0.15) is 158 Å². The number of ether oxygens (including phenoxy) is 3. The van der Waals surface area contributed by atoms with Crippen molar-refractivity contribution in [2.24, 2.45) is 22.9 Å². The molecule has 49 heteroatoms. The Morgan fingerprint density at radius 2 is 0.676 bits per heavy atom. The van der Waals surface area contributed by atoms with Gasteiger partial charge in [0.1, 0.15) is 62.9 Å². The van der Waals surface area contributed by atoms with E-state index in [0.29, 0.717) is 67.9 Å². The Labute approximate surface area is 807 Å². The molecule has 0 unspecified atom stereocenters. The number of methoxy groups -OCH3 is 1. The van der Waals surface area contributed by atoms with Crippen LogP contribution in [0, 0.1) is 11.3 Å². The number of anilines is 12. The molecular weight excluding hydrogens is 1860 g/mol. The zero-order chi connectivity index (χ0) is 102. The zero-order valence-electron chi connectivity index (χ0n) is 77.5. The summed E-state index contributed by atoms with van der Waals surface area (Å²) < 4.78 is 131. The van der Waals surface area contributed by atoms with Crippen LogP contribution in [0.5, 0.6) is 17.2 Å². The van der Waals surface area contributed by atoms with Crippen LogP contribution in [0.2, 0.25) is 0 Å². The van der Waals surface area contributed by atoms with Crippen molar-refractivity contribution in [1.82, 2.24) is 79.7 Å². The van der Waals surface area contributed by atoms with Gasteiger partial charge in [0.05, 0.1) is 60.2 Å². The number of nitriles is 1. The average Bonchev–Trinajstić information content (AvgIpc) is 0.786. The smallest absolute Gasteiger partial charge is 0.495 e. The van der Waals surface area contributed by atoms with Crippen molar-refractivity contribution in [3.05, 3.63) is 199 Å². The number of piperidine rings is 4. The number of rotatable bonds is 23. The fourth-order valence-electron chi connectivity index (χ4n) is 16.0. The molecule has 4 amide bonds. The normalized spacial score (nSPS) is 15.3. The maximum absolute atomic E-state index is 13.5. The molecule has 12 aromatic heterocycles. The van der Waals surface area contributed by atoms with Gasteiger partial charge in [-0.25, -0.2) is 59.8 Å². The molecule has 0 aliphatic carbocycles. The first kappa shape index (κ1) is 103. The number of hydrogen-bond acceptors (Lipinski definition) is 36. The van der Waals surface area contributed by atoms with Gasteiger partial charge in [-0.1, -0.05) is 27.2 Å². The summed E-state index contributed by atoms with van der Waals surface area (Å²) in [6.07, 6.45) is 11.6. The molecule has 20 N–H and O–H groups in total. The van der Waals surface area contributed by atoms with Crippen LogP contribution in [0.3, 0.4) is 0 Å². The van der Waals surface area contributed by atoms with Gasteiger partial charge in [0.15, 0.2) is 80.8 Å². The molecule has 0 atom stereocenters. The lowest BCUT2D eigenvalue weighted by Crippen LogP contribution is -2.50. The first-order chi connectivity index (χ1) is 67.6. The zero-order valence-corrected chi connectivity index (χ0v) is 77.5. The molecule has 4 aliphatic rings. The number of hydrogen-bond donors (Lipinski definition) is 12. The number of nitrogens with two attached hydrogens (primary N) is 8. The van der Waals surface area contributed by atoms with Crippen molar-refractivity contribution in [3.63, 3.8) is 0 Å². The second-order valence-electron chi connectivity index (χ2n) is 33.9. The van der Waals surface area contributed by atoms with Crippen LogP contribution in [-0.4, -0.2) is 198 Å². The molecule has 0 aromatic carbocycles. The summed E-state index contributed by atoms with van der Waals surface area (Å²) in [5.41, 5.74) is 48.4. The number of aromatic nitrogens is 16. The van der Waals surface area contributed by atoms with Crippen LogP contribution in [0.4, 0.5) is 109 Å². The average molecular weight is 1970 g/mol. The molecule has 16 heterocycles. The second-order valence-corrected chi connectivity index (χ2v) is 33.9. The Morgan fingerprint density at radius 3 is 0.986 bits per heavy atom. The minimum Gasteiger partial charge on any atom is -0.495 e. The maximum Gasteiger partial charge on any atom is 0.573 e. The molecule has 12 aromatic rings. The van der Waals surface area contributed by atoms with E-state index in [2.05, 4.69) is 157 Å². The maximum atomic E-state index is 13.5. The third kappa shape index (κ3) is 25.9. The van der Waals surface area contributed by atoms with E-state index in [1.165, 1.54) is 74.9 Å². The third-order valence-electron chi connectivity index (χ3n) is 24.2. The van der Waals surface area contributed by atoms with Crippen molar-refractivity contribution in [2.75, 3.05) is 123 Å². The Kier molecular flexibility index (Phi) is 32.3. The van der Waals surface area contributed by atoms with Crippen molar-refractivity contribution < 1.29 is 72.9 Å². The van der Waals surface area contributed by atoms with Gasteiger partial charge >= 0.3 is 18.9 Å². The highest BCUT2D eigenvalue weighted by atomic mass is 19.4. The summed E-state index contributed by atoms with van der Waals surface area (Å²) in [6.45, 7) is 13.9. The Bertz CT molecular complexity index is 6350. The molecule has 0 saturated carbocycles. The van der Waals surface area contributed by atoms with Crippen molar-refractivity contribution in [3.8, 4) is 68.9 Å².